The van der Waals surface area contributed by atoms with E-state index in [9.17, 15) is 9.59 Å². The fraction of sp³-hybridized carbons (Fsp3) is 0.692. The van der Waals surface area contributed by atoms with Crippen molar-refractivity contribution in [2.24, 2.45) is 0 Å². The van der Waals surface area contributed by atoms with Crippen LogP contribution in [0.5, 0.6) is 0 Å². The number of anilines is 2. The van der Waals surface area contributed by atoms with Crippen LogP contribution in [0.15, 0.2) is 9.59 Å². The number of nitrogens with zero attached hydrogens (tertiary/aromatic N) is 2. The van der Waals surface area contributed by atoms with Crippen molar-refractivity contribution in [2.75, 3.05) is 38.2 Å². The molecule has 0 radical (unpaired) electrons. The number of aromatic nitrogens is 2. The van der Waals surface area contributed by atoms with Gasteiger partial charge in [-0.15, -0.1) is 0 Å². The van der Waals surface area contributed by atoms with Crippen LogP contribution in [-0.2, 0) is 6.54 Å². The molecular formula is C13H25N5O2. The number of nitrogens with one attached hydrogen (secondary N) is 2. The number of nitrogen functional groups attached to an aromatic ring is 1. The molecule has 0 aliphatic heterocycles. The quantitative estimate of drug-likeness (QED) is 0.596. The highest BCUT2D eigenvalue weighted by atomic mass is 16.2. The van der Waals surface area contributed by atoms with E-state index in [4.69, 9.17) is 5.73 Å². The lowest BCUT2D eigenvalue weighted by Gasteiger charge is -2.13. The van der Waals surface area contributed by atoms with Crippen molar-refractivity contribution in [3.8, 4) is 0 Å². The summed E-state index contributed by atoms with van der Waals surface area (Å²) in [7, 11) is 4.05. The van der Waals surface area contributed by atoms with Crippen molar-refractivity contribution in [1.82, 2.24) is 14.5 Å². The molecule has 20 heavy (non-hydrogen) atoms. The molecule has 0 saturated heterocycles. The molecule has 0 bridgehead atoms. The number of hydrogen-bond donors (Lipinski definition) is 3. The molecule has 0 unspecified atom stereocenters. The molecule has 114 valence electrons. The van der Waals surface area contributed by atoms with Crippen LogP contribution >= 0.6 is 0 Å². The number of nitrogens with two attached hydrogens (primary N) is 1. The Balaban J connectivity index is 2.72. The molecule has 7 heteroatoms. The fourth-order valence-corrected chi connectivity index (χ4v) is 1.97. The van der Waals surface area contributed by atoms with Crippen molar-refractivity contribution < 1.29 is 0 Å². The predicted molar refractivity (Wildman–Crippen MR) is 82.3 cm³/mol. The highest BCUT2D eigenvalue weighted by molar-refractivity contribution is 5.60. The van der Waals surface area contributed by atoms with E-state index in [1.807, 2.05) is 21.0 Å². The number of hydrogen-bond acceptors (Lipinski definition) is 5. The Morgan fingerprint density at radius 2 is 2.00 bits per heavy atom. The summed E-state index contributed by atoms with van der Waals surface area (Å²) >= 11 is 0. The highest BCUT2D eigenvalue weighted by Gasteiger charge is 2.10. The second-order valence-electron chi connectivity index (χ2n) is 5.11. The minimum absolute atomic E-state index is 0.216. The molecular weight excluding hydrogens is 258 g/mol. The van der Waals surface area contributed by atoms with Crippen molar-refractivity contribution in [3.63, 3.8) is 0 Å². The summed E-state index contributed by atoms with van der Waals surface area (Å²) in [4.78, 5) is 27.8. The standard InChI is InChI=1S/C13H25N5O2/c1-4-8-18-11(14)10(12(19)16-13(18)20)15-7-5-6-9-17(2)3/h15H,4-9,14H2,1-3H3,(H,16,19,20). The lowest BCUT2D eigenvalue weighted by molar-refractivity contribution is 0.396. The van der Waals surface area contributed by atoms with Crippen molar-refractivity contribution in [3.05, 3.63) is 20.8 Å². The summed E-state index contributed by atoms with van der Waals surface area (Å²) in [6, 6.07) is 0. The van der Waals surface area contributed by atoms with E-state index in [2.05, 4.69) is 15.2 Å². The molecule has 0 atom stereocenters. The lowest BCUT2D eigenvalue weighted by atomic mass is 10.3. The molecule has 4 N–H and O–H groups in total. The van der Waals surface area contributed by atoms with Gasteiger partial charge in [-0.05, 0) is 39.9 Å². The number of H-pyrrole nitrogens is 1. The van der Waals surface area contributed by atoms with Crippen LogP contribution in [0.1, 0.15) is 26.2 Å². The smallest absolute Gasteiger partial charge is 0.330 e. The summed E-state index contributed by atoms with van der Waals surface area (Å²) in [5.74, 6) is 0.216. The van der Waals surface area contributed by atoms with E-state index < -0.39 is 11.2 Å². The summed E-state index contributed by atoms with van der Waals surface area (Å²) in [6.45, 7) is 4.11. The maximum Gasteiger partial charge on any atom is 0.330 e. The van der Waals surface area contributed by atoms with Crippen LogP contribution in [0.3, 0.4) is 0 Å². The fourth-order valence-electron chi connectivity index (χ4n) is 1.97. The van der Waals surface area contributed by atoms with Crippen LogP contribution in [0.2, 0.25) is 0 Å². The molecule has 0 fully saturated rings. The minimum atomic E-state index is -0.451. The van der Waals surface area contributed by atoms with Crippen LogP contribution in [0.25, 0.3) is 0 Å². The van der Waals surface area contributed by atoms with E-state index in [-0.39, 0.29) is 5.82 Å². The maximum absolute atomic E-state index is 11.8. The van der Waals surface area contributed by atoms with Crippen molar-refractivity contribution in [1.29, 1.82) is 0 Å². The van der Waals surface area contributed by atoms with Gasteiger partial charge in [0, 0.05) is 13.1 Å². The van der Waals surface area contributed by atoms with Gasteiger partial charge < -0.3 is 16.0 Å². The van der Waals surface area contributed by atoms with Crippen molar-refractivity contribution in [2.45, 2.75) is 32.7 Å². The monoisotopic (exact) mass is 283 g/mol. The van der Waals surface area contributed by atoms with Gasteiger partial charge in [0.2, 0.25) is 0 Å². The Kier molecular flexibility index (Phi) is 6.30. The van der Waals surface area contributed by atoms with E-state index in [0.29, 0.717) is 18.8 Å². The molecule has 7 nitrogen and oxygen atoms in total. The van der Waals surface area contributed by atoms with Gasteiger partial charge in [0.25, 0.3) is 5.56 Å². The van der Waals surface area contributed by atoms with Gasteiger partial charge in [-0.3, -0.25) is 14.3 Å². The molecule has 1 heterocycles. The van der Waals surface area contributed by atoms with E-state index >= 15 is 0 Å². The summed E-state index contributed by atoms with van der Waals surface area (Å²) in [6.07, 6.45) is 2.74. The Labute approximate surface area is 118 Å². The first-order valence-electron chi connectivity index (χ1n) is 6.98. The maximum atomic E-state index is 11.8. The van der Waals surface area contributed by atoms with Gasteiger partial charge >= 0.3 is 5.69 Å². The van der Waals surface area contributed by atoms with Gasteiger partial charge in [-0.1, -0.05) is 6.92 Å². The molecule has 1 aromatic heterocycles. The summed E-state index contributed by atoms with van der Waals surface area (Å²) in [5.41, 5.74) is 5.30. The van der Waals surface area contributed by atoms with Crippen molar-refractivity contribution >= 4 is 11.5 Å². The first-order valence-corrected chi connectivity index (χ1v) is 6.98. The molecule has 1 rings (SSSR count). The second kappa shape index (κ2) is 7.74. The average molecular weight is 283 g/mol. The minimum Gasteiger partial charge on any atom is -0.383 e. The number of rotatable bonds is 8. The molecule has 1 aromatic rings. The van der Waals surface area contributed by atoms with Gasteiger partial charge in [0.05, 0.1) is 0 Å². The predicted octanol–water partition coefficient (Wildman–Crippen LogP) is 0.283. The number of aromatic amines is 1. The number of unbranched alkanes of at least 4 members (excludes halogenated alkanes) is 1. The van der Waals surface area contributed by atoms with Crippen LogP contribution in [0, 0.1) is 0 Å². The Morgan fingerprint density at radius 3 is 2.60 bits per heavy atom. The molecule has 0 aliphatic carbocycles. The zero-order valence-corrected chi connectivity index (χ0v) is 12.5. The zero-order valence-electron chi connectivity index (χ0n) is 12.5. The SMILES string of the molecule is CCCn1c(N)c(NCCCCN(C)C)c(=O)[nH]c1=O. The third kappa shape index (κ3) is 4.41. The second-order valence-corrected chi connectivity index (χ2v) is 5.11. The third-order valence-electron chi connectivity index (χ3n) is 3.02. The van der Waals surface area contributed by atoms with E-state index in [1.165, 1.54) is 4.57 Å². The highest BCUT2D eigenvalue weighted by Crippen LogP contribution is 2.10. The molecule has 0 aromatic carbocycles. The largest absolute Gasteiger partial charge is 0.383 e. The van der Waals surface area contributed by atoms with Crippen LogP contribution < -0.4 is 22.3 Å². The molecule has 0 saturated carbocycles. The first-order chi connectivity index (χ1) is 9.47. The van der Waals surface area contributed by atoms with Gasteiger partial charge in [0.15, 0.2) is 0 Å². The van der Waals surface area contributed by atoms with Crippen LogP contribution in [0.4, 0.5) is 11.5 Å². The normalized spacial score (nSPS) is 11.0. The Morgan fingerprint density at radius 1 is 1.30 bits per heavy atom. The van der Waals surface area contributed by atoms with E-state index in [0.717, 1.165) is 25.8 Å². The topological polar surface area (TPSA) is 96.2 Å². The third-order valence-corrected chi connectivity index (χ3v) is 3.02. The van der Waals surface area contributed by atoms with Crippen LogP contribution in [-0.4, -0.2) is 41.6 Å². The van der Waals surface area contributed by atoms with E-state index in [1.54, 1.807) is 0 Å². The Bertz CT molecular complexity index is 533. The van der Waals surface area contributed by atoms with Gasteiger partial charge in [0.1, 0.15) is 11.5 Å². The molecule has 0 aliphatic rings. The lowest BCUT2D eigenvalue weighted by Crippen LogP contribution is -2.34. The average Bonchev–Trinajstić information content (AvgIpc) is 2.37. The summed E-state index contributed by atoms with van der Waals surface area (Å²) in [5, 5.41) is 3.03. The zero-order chi connectivity index (χ0) is 15.1. The molecule has 0 spiro atoms. The Hall–Kier alpha value is -1.76. The first kappa shape index (κ1) is 16.3. The molecule has 0 amide bonds. The van der Waals surface area contributed by atoms with Gasteiger partial charge in [-0.2, -0.15) is 0 Å². The van der Waals surface area contributed by atoms with Gasteiger partial charge in [-0.25, -0.2) is 4.79 Å². The summed E-state index contributed by atoms with van der Waals surface area (Å²) < 4.78 is 1.39.